The molecule has 0 fully saturated rings. The van der Waals surface area contributed by atoms with Gasteiger partial charge in [-0.05, 0) is 29.8 Å². The van der Waals surface area contributed by atoms with Crippen LogP contribution in [0.4, 0.5) is 5.69 Å². The summed E-state index contributed by atoms with van der Waals surface area (Å²) < 4.78 is 0. The lowest BCUT2D eigenvalue weighted by molar-refractivity contribution is 0.108. The van der Waals surface area contributed by atoms with Crippen LogP contribution in [0, 0.1) is 0 Å². The predicted octanol–water partition coefficient (Wildman–Crippen LogP) is 1.94. The molecule has 0 radical (unpaired) electrons. The van der Waals surface area contributed by atoms with E-state index in [2.05, 4.69) is 12.6 Å². The van der Waals surface area contributed by atoms with E-state index in [1.165, 1.54) is 6.07 Å². The molecule has 0 aliphatic rings. The van der Waals surface area contributed by atoms with Crippen molar-refractivity contribution in [3.63, 3.8) is 0 Å². The van der Waals surface area contributed by atoms with Crippen LogP contribution in [0.1, 0.15) is 10.4 Å². The largest absolute Gasteiger partial charge is 0.398 e. The summed E-state index contributed by atoms with van der Waals surface area (Å²) in [7, 11) is 0. The zero-order chi connectivity index (χ0) is 8.43. The molecule has 0 saturated carbocycles. The standard InChI is InChI=1S/C7H6ClNOS/c8-7(10)4-1-2-6(11)5(9)3-4/h1-3,11H,9H2. The molecule has 0 aromatic heterocycles. The highest BCUT2D eigenvalue weighted by atomic mass is 35.5. The van der Waals surface area contributed by atoms with Crippen molar-refractivity contribution < 1.29 is 4.79 Å². The molecular weight excluding hydrogens is 182 g/mol. The fourth-order valence-corrected chi connectivity index (χ4v) is 0.933. The monoisotopic (exact) mass is 187 g/mol. The first-order valence-corrected chi connectivity index (χ1v) is 3.72. The molecule has 0 bridgehead atoms. The van der Waals surface area contributed by atoms with Crippen LogP contribution < -0.4 is 5.73 Å². The summed E-state index contributed by atoms with van der Waals surface area (Å²) in [4.78, 5) is 11.2. The Kier molecular flexibility index (Phi) is 2.42. The first-order chi connectivity index (χ1) is 5.11. The third-order valence-electron chi connectivity index (χ3n) is 1.25. The number of rotatable bonds is 1. The molecule has 1 rings (SSSR count). The second kappa shape index (κ2) is 3.15. The van der Waals surface area contributed by atoms with E-state index in [1.807, 2.05) is 0 Å². The Morgan fingerprint density at radius 2 is 2.18 bits per heavy atom. The Morgan fingerprint density at radius 3 is 2.64 bits per heavy atom. The highest BCUT2D eigenvalue weighted by molar-refractivity contribution is 7.80. The number of thiol groups is 1. The summed E-state index contributed by atoms with van der Waals surface area (Å²) in [5.41, 5.74) is 6.32. The second-order valence-corrected chi connectivity index (χ2v) is 2.87. The molecule has 1 aromatic carbocycles. The van der Waals surface area contributed by atoms with Crippen molar-refractivity contribution in [2.45, 2.75) is 4.90 Å². The van der Waals surface area contributed by atoms with E-state index in [0.717, 1.165) is 0 Å². The number of hydrogen-bond donors (Lipinski definition) is 2. The number of nitrogen functional groups attached to an aromatic ring is 1. The fourth-order valence-electron chi connectivity index (χ4n) is 0.677. The van der Waals surface area contributed by atoms with Gasteiger partial charge in [0.25, 0.3) is 5.24 Å². The summed E-state index contributed by atoms with van der Waals surface area (Å²) in [5.74, 6) is 0. The topological polar surface area (TPSA) is 43.1 Å². The summed E-state index contributed by atoms with van der Waals surface area (Å²) >= 11 is 9.24. The SMILES string of the molecule is Nc1cc(C(=O)Cl)ccc1S. The molecule has 0 aliphatic heterocycles. The van der Waals surface area contributed by atoms with Gasteiger partial charge in [0, 0.05) is 16.1 Å². The van der Waals surface area contributed by atoms with Gasteiger partial charge in [-0.1, -0.05) is 0 Å². The summed E-state index contributed by atoms with van der Waals surface area (Å²) in [5, 5.41) is -0.509. The molecule has 2 N–H and O–H groups in total. The van der Waals surface area contributed by atoms with E-state index in [0.29, 0.717) is 16.1 Å². The van der Waals surface area contributed by atoms with Crippen LogP contribution in [0.25, 0.3) is 0 Å². The second-order valence-electron chi connectivity index (χ2n) is 2.05. The zero-order valence-electron chi connectivity index (χ0n) is 5.54. The number of nitrogens with two attached hydrogens (primary N) is 1. The smallest absolute Gasteiger partial charge is 0.252 e. The van der Waals surface area contributed by atoms with Crippen LogP contribution in [0.2, 0.25) is 0 Å². The van der Waals surface area contributed by atoms with Crippen molar-refractivity contribution in [3.05, 3.63) is 23.8 Å². The van der Waals surface area contributed by atoms with E-state index in [9.17, 15) is 4.79 Å². The summed E-state index contributed by atoms with van der Waals surface area (Å²) in [6, 6.07) is 4.71. The van der Waals surface area contributed by atoms with Gasteiger partial charge in [0.15, 0.2) is 0 Å². The third kappa shape index (κ3) is 1.88. The van der Waals surface area contributed by atoms with E-state index in [-0.39, 0.29) is 0 Å². The minimum absolute atomic E-state index is 0.391. The van der Waals surface area contributed by atoms with Gasteiger partial charge >= 0.3 is 0 Å². The molecule has 58 valence electrons. The molecule has 0 aliphatic carbocycles. The van der Waals surface area contributed by atoms with Crippen LogP contribution in [0.3, 0.4) is 0 Å². The van der Waals surface area contributed by atoms with Crippen molar-refractivity contribution in [1.29, 1.82) is 0 Å². The van der Waals surface area contributed by atoms with Gasteiger partial charge in [0.1, 0.15) is 0 Å². The van der Waals surface area contributed by atoms with Gasteiger partial charge in [-0.15, -0.1) is 12.6 Å². The Labute approximate surface area is 74.8 Å². The Morgan fingerprint density at radius 1 is 1.55 bits per heavy atom. The maximum atomic E-state index is 10.6. The van der Waals surface area contributed by atoms with E-state index >= 15 is 0 Å². The Bertz CT molecular complexity index is 300. The maximum Gasteiger partial charge on any atom is 0.252 e. The van der Waals surface area contributed by atoms with Crippen molar-refractivity contribution in [2.75, 3.05) is 5.73 Å². The number of benzene rings is 1. The Hall–Kier alpha value is -0.670. The molecule has 1 aromatic rings. The number of hydrogen-bond acceptors (Lipinski definition) is 3. The number of carbonyl (C=O) groups excluding carboxylic acids is 1. The molecule has 0 unspecified atom stereocenters. The molecular formula is C7H6ClNOS. The van der Waals surface area contributed by atoms with Gasteiger partial charge in [0.2, 0.25) is 0 Å². The molecule has 0 heterocycles. The molecule has 0 atom stereocenters. The Balaban J connectivity index is 3.15. The lowest BCUT2D eigenvalue weighted by Crippen LogP contribution is -1.92. The van der Waals surface area contributed by atoms with Crippen LogP contribution in [0.5, 0.6) is 0 Å². The highest BCUT2D eigenvalue weighted by Crippen LogP contribution is 2.18. The average molecular weight is 188 g/mol. The van der Waals surface area contributed by atoms with Crippen LogP contribution in [0.15, 0.2) is 23.1 Å². The number of halogens is 1. The summed E-state index contributed by atoms with van der Waals surface area (Å²) in [6.45, 7) is 0. The number of carbonyl (C=O) groups is 1. The normalized spacial score (nSPS) is 9.64. The van der Waals surface area contributed by atoms with Crippen LogP contribution >= 0.6 is 24.2 Å². The first kappa shape index (κ1) is 8.43. The third-order valence-corrected chi connectivity index (χ3v) is 1.88. The van der Waals surface area contributed by atoms with Gasteiger partial charge in [-0.3, -0.25) is 4.79 Å². The van der Waals surface area contributed by atoms with Crippen LogP contribution in [-0.2, 0) is 0 Å². The fraction of sp³-hybridized carbons (Fsp3) is 0. The summed E-state index contributed by atoms with van der Waals surface area (Å²) in [6.07, 6.45) is 0. The lowest BCUT2D eigenvalue weighted by Gasteiger charge is -1.98. The molecule has 0 saturated heterocycles. The minimum atomic E-state index is -0.509. The molecule has 2 nitrogen and oxygen atoms in total. The predicted molar refractivity (Wildman–Crippen MR) is 48.3 cm³/mol. The number of anilines is 1. The average Bonchev–Trinajstić information content (AvgIpc) is 1.94. The van der Waals surface area contributed by atoms with Crippen molar-refractivity contribution in [3.8, 4) is 0 Å². The van der Waals surface area contributed by atoms with Crippen LogP contribution in [-0.4, -0.2) is 5.24 Å². The highest BCUT2D eigenvalue weighted by Gasteiger charge is 2.02. The first-order valence-electron chi connectivity index (χ1n) is 2.89. The van der Waals surface area contributed by atoms with Crippen molar-refractivity contribution >= 4 is 35.2 Å². The molecule has 0 spiro atoms. The quantitative estimate of drug-likeness (QED) is 0.401. The molecule has 0 amide bonds. The lowest BCUT2D eigenvalue weighted by atomic mass is 10.2. The van der Waals surface area contributed by atoms with Crippen molar-refractivity contribution in [2.24, 2.45) is 0 Å². The van der Waals surface area contributed by atoms with E-state index in [4.69, 9.17) is 17.3 Å². The minimum Gasteiger partial charge on any atom is -0.398 e. The van der Waals surface area contributed by atoms with Gasteiger partial charge in [-0.25, -0.2) is 0 Å². The van der Waals surface area contributed by atoms with Crippen molar-refractivity contribution in [1.82, 2.24) is 0 Å². The zero-order valence-corrected chi connectivity index (χ0v) is 7.19. The van der Waals surface area contributed by atoms with Gasteiger partial charge in [-0.2, -0.15) is 0 Å². The molecule has 4 heteroatoms. The van der Waals surface area contributed by atoms with Gasteiger partial charge in [0.05, 0.1) is 0 Å². The molecule has 11 heavy (non-hydrogen) atoms. The maximum absolute atomic E-state index is 10.6. The van der Waals surface area contributed by atoms with Gasteiger partial charge < -0.3 is 5.73 Å². The van der Waals surface area contributed by atoms with E-state index < -0.39 is 5.24 Å². The van der Waals surface area contributed by atoms with E-state index in [1.54, 1.807) is 12.1 Å².